The molecule has 1 heterocycles. The lowest BCUT2D eigenvalue weighted by atomic mass is 9.45. The molecule has 33 heavy (non-hydrogen) atoms. The zero-order valence-electron chi connectivity index (χ0n) is 21.3. The number of aromatic nitrogens is 1. The van der Waals surface area contributed by atoms with Crippen LogP contribution in [-0.4, -0.2) is 25.3 Å². The maximum atomic E-state index is 6.30. The molecule has 6 rings (SSSR count). The van der Waals surface area contributed by atoms with Crippen LogP contribution in [0.2, 0.25) is 0 Å². The molecule has 0 N–H and O–H groups in total. The van der Waals surface area contributed by atoms with Crippen molar-refractivity contribution in [1.29, 1.82) is 0 Å². The van der Waals surface area contributed by atoms with Crippen LogP contribution in [0.15, 0.2) is 24.4 Å². The summed E-state index contributed by atoms with van der Waals surface area (Å²) in [5.74, 6) is 5.86. The second-order valence-corrected chi connectivity index (χ2v) is 12.8. The van der Waals surface area contributed by atoms with Crippen LogP contribution in [0, 0.1) is 51.8 Å². The lowest BCUT2D eigenvalue weighted by molar-refractivity contribution is -0.160. The van der Waals surface area contributed by atoms with Gasteiger partial charge in [0.25, 0.3) is 0 Å². The van der Waals surface area contributed by atoms with Crippen LogP contribution in [-0.2, 0) is 4.74 Å². The Morgan fingerprint density at radius 3 is 2.70 bits per heavy atom. The molecular weight excluding hydrogens is 406 g/mol. The third kappa shape index (κ3) is 2.93. The average Bonchev–Trinajstić information content (AvgIpc) is 3.33. The summed E-state index contributed by atoms with van der Waals surface area (Å²) in [5.41, 5.74) is 2.53. The van der Waals surface area contributed by atoms with E-state index in [2.05, 4.69) is 37.9 Å². The van der Waals surface area contributed by atoms with E-state index in [9.17, 15) is 0 Å². The first-order valence-corrected chi connectivity index (χ1v) is 13.6. The number of allylic oxidation sites excluding steroid dienone is 1. The zero-order valence-corrected chi connectivity index (χ0v) is 21.3. The predicted octanol–water partition coefficient (Wildman–Crippen LogP) is 7.02. The molecule has 0 saturated heterocycles. The fourth-order valence-corrected chi connectivity index (χ4v) is 10.5. The lowest BCUT2D eigenvalue weighted by Gasteiger charge is -2.61. The van der Waals surface area contributed by atoms with Crippen LogP contribution in [0.5, 0.6) is 5.75 Å². The fourth-order valence-electron chi connectivity index (χ4n) is 10.5. The maximum absolute atomic E-state index is 6.30. The zero-order chi connectivity index (χ0) is 23.0. The Morgan fingerprint density at radius 2 is 1.94 bits per heavy atom. The minimum atomic E-state index is 0.466. The number of nitrogens with zero attached hydrogens (tertiary/aromatic N) is 1. The van der Waals surface area contributed by atoms with Crippen molar-refractivity contribution in [2.75, 3.05) is 14.2 Å². The minimum absolute atomic E-state index is 0.466. The van der Waals surface area contributed by atoms with E-state index in [1.807, 2.05) is 25.4 Å². The van der Waals surface area contributed by atoms with E-state index < -0.39 is 0 Å². The summed E-state index contributed by atoms with van der Waals surface area (Å²) >= 11 is 0. The monoisotopic (exact) mass is 449 g/mol. The van der Waals surface area contributed by atoms with E-state index in [1.165, 1.54) is 51.4 Å². The molecule has 0 amide bonds. The Morgan fingerprint density at radius 1 is 1.09 bits per heavy atom. The van der Waals surface area contributed by atoms with Crippen molar-refractivity contribution in [3.63, 3.8) is 0 Å². The molecule has 1 aromatic rings. The van der Waals surface area contributed by atoms with E-state index in [0.717, 1.165) is 41.0 Å². The highest BCUT2D eigenvalue weighted by Gasteiger charge is 2.77. The van der Waals surface area contributed by atoms with Crippen LogP contribution < -0.4 is 4.74 Å². The highest BCUT2D eigenvalue weighted by Crippen LogP contribution is 2.82. The van der Waals surface area contributed by atoms with E-state index in [-0.39, 0.29) is 0 Å². The molecule has 1 aromatic heterocycles. The van der Waals surface area contributed by atoms with Gasteiger partial charge in [0, 0.05) is 24.8 Å². The first-order chi connectivity index (χ1) is 15.9. The molecule has 3 heteroatoms. The van der Waals surface area contributed by atoms with E-state index in [0.29, 0.717) is 28.3 Å². The fraction of sp³-hybridized carbons (Fsp3) is 0.767. The highest BCUT2D eigenvalue weighted by atomic mass is 16.5. The molecule has 0 radical (unpaired) electrons. The average molecular weight is 450 g/mol. The summed E-state index contributed by atoms with van der Waals surface area (Å²) < 4.78 is 11.7. The van der Waals surface area contributed by atoms with Crippen LogP contribution in [0.1, 0.15) is 77.8 Å². The summed E-state index contributed by atoms with van der Waals surface area (Å²) in [5, 5.41) is 0. The van der Waals surface area contributed by atoms with Crippen LogP contribution in [0.4, 0.5) is 0 Å². The van der Waals surface area contributed by atoms with Gasteiger partial charge in [-0.15, -0.1) is 0 Å². The molecule has 0 aliphatic heterocycles. The van der Waals surface area contributed by atoms with Crippen molar-refractivity contribution in [2.45, 2.75) is 78.2 Å². The van der Waals surface area contributed by atoms with Gasteiger partial charge in [-0.2, -0.15) is 0 Å². The highest BCUT2D eigenvalue weighted by molar-refractivity contribution is 5.47. The standard InChI is InChI=1S/C30H43NO2/c1-19(6-7-21-16-22(32-4)12-15-31-21)24-8-9-25-23-17-27(33-5)30-18-20(30)10-14-29(30,3)26(23)11-13-28(24,25)2/h6-7,12,15-16,19-20,23-27H,8-11,13-14,17-18H2,1-5H3/b7-6+/t19-,20-,23+,24-,25+,26+,27?,28-,29-,30?/m1/s1. The molecule has 2 unspecified atom stereocenters. The minimum Gasteiger partial charge on any atom is -0.497 e. The Balaban J connectivity index is 1.23. The third-order valence-corrected chi connectivity index (χ3v) is 12.1. The van der Waals surface area contributed by atoms with Gasteiger partial charge in [0.05, 0.1) is 18.9 Å². The van der Waals surface area contributed by atoms with Crippen molar-refractivity contribution in [3.05, 3.63) is 30.1 Å². The second-order valence-electron chi connectivity index (χ2n) is 12.8. The van der Waals surface area contributed by atoms with Crippen molar-refractivity contribution < 1.29 is 9.47 Å². The van der Waals surface area contributed by atoms with Crippen molar-refractivity contribution in [3.8, 4) is 5.75 Å². The van der Waals surface area contributed by atoms with Gasteiger partial charge in [-0.05, 0) is 110 Å². The molecule has 3 nitrogen and oxygen atoms in total. The second kappa shape index (κ2) is 7.57. The summed E-state index contributed by atoms with van der Waals surface area (Å²) in [6.45, 7) is 7.79. The summed E-state index contributed by atoms with van der Waals surface area (Å²) in [7, 11) is 3.73. The molecule has 5 saturated carbocycles. The Bertz CT molecular complexity index is 943. The molecule has 1 spiro atoms. The van der Waals surface area contributed by atoms with Gasteiger partial charge in [0.1, 0.15) is 5.75 Å². The number of methoxy groups -OCH3 is 2. The molecule has 180 valence electrons. The quantitative estimate of drug-likeness (QED) is 0.484. The Labute approximate surface area is 200 Å². The van der Waals surface area contributed by atoms with Gasteiger partial charge in [0.2, 0.25) is 0 Å². The van der Waals surface area contributed by atoms with Gasteiger partial charge >= 0.3 is 0 Å². The number of pyridine rings is 1. The van der Waals surface area contributed by atoms with Crippen LogP contribution in [0.25, 0.3) is 6.08 Å². The van der Waals surface area contributed by atoms with E-state index in [4.69, 9.17) is 9.47 Å². The third-order valence-electron chi connectivity index (χ3n) is 12.1. The van der Waals surface area contributed by atoms with Crippen molar-refractivity contribution in [1.82, 2.24) is 4.98 Å². The molecule has 5 fully saturated rings. The van der Waals surface area contributed by atoms with Crippen LogP contribution in [0.3, 0.4) is 0 Å². The topological polar surface area (TPSA) is 31.4 Å². The largest absolute Gasteiger partial charge is 0.497 e. The first-order valence-electron chi connectivity index (χ1n) is 13.6. The van der Waals surface area contributed by atoms with Crippen LogP contribution >= 0.6 is 0 Å². The summed E-state index contributed by atoms with van der Waals surface area (Å²) in [6.07, 6.45) is 18.4. The number of hydrogen-bond acceptors (Lipinski definition) is 3. The van der Waals surface area contributed by atoms with E-state index in [1.54, 1.807) is 7.11 Å². The van der Waals surface area contributed by atoms with Gasteiger partial charge in [-0.25, -0.2) is 0 Å². The SMILES string of the molecule is COc1ccnc(/C=C/[C@@H](C)[C@H]2CC[C@H]3[C@@H]4CC(OC)C56C[C@H]5CC[C@]6(C)[C@H]4CC[C@]23C)c1. The Hall–Kier alpha value is -1.35. The Kier molecular flexibility index (Phi) is 5.08. The van der Waals surface area contributed by atoms with Gasteiger partial charge < -0.3 is 9.47 Å². The number of fused-ring (bicyclic) bond motifs is 4. The first kappa shape index (κ1) is 22.1. The molecule has 0 bridgehead atoms. The number of ether oxygens (including phenoxy) is 2. The predicted molar refractivity (Wildman–Crippen MR) is 133 cm³/mol. The maximum Gasteiger partial charge on any atom is 0.122 e. The smallest absolute Gasteiger partial charge is 0.122 e. The summed E-state index contributed by atoms with van der Waals surface area (Å²) in [6, 6.07) is 3.95. The van der Waals surface area contributed by atoms with Gasteiger partial charge in [-0.1, -0.05) is 26.8 Å². The number of rotatable bonds is 5. The number of hydrogen-bond donors (Lipinski definition) is 0. The lowest BCUT2D eigenvalue weighted by Crippen LogP contribution is -2.57. The molecule has 10 atom stereocenters. The molecule has 5 aliphatic rings. The van der Waals surface area contributed by atoms with Gasteiger partial charge in [0.15, 0.2) is 0 Å². The van der Waals surface area contributed by atoms with Gasteiger partial charge in [-0.3, -0.25) is 4.98 Å². The summed E-state index contributed by atoms with van der Waals surface area (Å²) in [4.78, 5) is 4.52. The van der Waals surface area contributed by atoms with E-state index >= 15 is 0 Å². The molecule has 0 aromatic carbocycles. The normalized spacial score (nSPS) is 48.6. The molecule has 5 aliphatic carbocycles. The van der Waals surface area contributed by atoms with Crippen molar-refractivity contribution in [2.24, 2.45) is 51.8 Å². The van der Waals surface area contributed by atoms with Crippen molar-refractivity contribution >= 4 is 6.08 Å². The molecular formula is C30H43NO2.